The standard InChI is InChI=1S/C9H10ClN3O4S/c1-17-8-4-11-7(3-12-8)13-5-6(2-9(13)14)18(10,15)16/h3-4,6H,2,5H2,1H3. The highest BCUT2D eigenvalue weighted by atomic mass is 35.7. The number of nitrogens with zero attached hydrogens (tertiary/aromatic N) is 3. The van der Waals surface area contributed by atoms with Gasteiger partial charge in [0.1, 0.15) is 5.25 Å². The van der Waals surface area contributed by atoms with Crippen molar-refractivity contribution in [2.24, 2.45) is 0 Å². The van der Waals surface area contributed by atoms with Crippen LogP contribution in [0.25, 0.3) is 0 Å². The second-order valence-electron chi connectivity index (χ2n) is 3.72. The second kappa shape index (κ2) is 4.69. The van der Waals surface area contributed by atoms with Crippen molar-refractivity contribution >= 4 is 31.5 Å². The van der Waals surface area contributed by atoms with E-state index in [1.165, 1.54) is 24.4 Å². The number of methoxy groups -OCH3 is 1. The summed E-state index contributed by atoms with van der Waals surface area (Å²) in [5.41, 5.74) is 0. The Hall–Kier alpha value is -1.41. The summed E-state index contributed by atoms with van der Waals surface area (Å²) in [7, 11) is 2.94. The molecule has 1 unspecified atom stereocenters. The minimum Gasteiger partial charge on any atom is -0.480 e. The molecule has 1 aromatic rings. The molecule has 0 aliphatic carbocycles. The molecular formula is C9H10ClN3O4S. The Balaban J connectivity index is 2.21. The molecule has 1 aromatic heterocycles. The van der Waals surface area contributed by atoms with Crippen molar-refractivity contribution in [2.75, 3.05) is 18.6 Å². The predicted octanol–water partition coefficient (Wildman–Crippen LogP) is 0.159. The summed E-state index contributed by atoms with van der Waals surface area (Å²) < 4.78 is 27.2. The Morgan fingerprint density at radius 2 is 2.17 bits per heavy atom. The summed E-state index contributed by atoms with van der Waals surface area (Å²) >= 11 is 0. The molecule has 98 valence electrons. The van der Waals surface area contributed by atoms with Crippen molar-refractivity contribution in [2.45, 2.75) is 11.7 Å². The van der Waals surface area contributed by atoms with Gasteiger partial charge in [-0.25, -0.2) is 18.4 Å². The lowest BCUT2D eigenvalue weighted by Gasteiger charge is -2.14. The van der Waals surface area contributed by atoms with Crippen LogP contribution in [0.5, 0.6) is 5.88 Å². The van der Waals surface area contributed by atoms with E-state index in [2.05, 4.69) is 9.97 Å². The first kappa shape index (κ1) is 13.0. The fourth-order valence-corrected chi connectivity index (χ4v) is 2.67. The van der Waals surface area contributed by atoms with Crippen LogP contribution < -0.4 is 9.64 Å². The maximum Gasteiger partial charge on any atom is 0.237 e. The minimum absolute atomic E-state index is 0.00826. The molecule has 1 aliphatic rings. The highest BCUT2D eigenvalue weighted by molar-refractivity contribution is 8.14. The van der Waals surface area contributed by atoms with Crippen LogP contribution in [-0.2, 0) is 13.8 Å². The zero-order valence-electron chi connectivity index (χ0n) is 9.41. The molecule has 2 rings (SSSR count). The van der Waals surface area contributed by atoms with Gasteiger partial charge >= 0.3 is 0 Å². The van der Waals surface area contributed by atoms with Crippen LogP contribution in [0, 0.1) is 0 Å². The van der Waals surface area contributed by atoms with Gasteiger partial charge in [-0.3, -0.25) is 9.69 Å². The molecule has 9 heteroatoms. The van der Waals surface area contributed by atoms with E-state index in [-0.39, 0.29) is 24.7 Å². The lowest BCUT2D eigenvalue weighted by atomic mass is 10.4. The van der Waals surface area contributed by atoms with Crippen LogP contribution in [0.2, 0.25) is 0 Å². The summed E-state index contributed by atoms with van der Waals surface area (Å²) in [5.74, 6) is 0.249. The average molecular weight is 292 g/mol. The SMILES string of the molecule is COc1cnc(N2CC(S(=O)(=O)Cl)CC2=O)cn1. The quantitative estimate of drug-likeness (QED) is 0.737. The lowest BCUT2D eigenvalue weighted by Crippen LogP contribution is -2.27. The number of carbonyl (C=O) groups excluding carboxylic acids is 1. The van der Waals surface area contributed by atoms with Crippen molar-refractivity contribution in [1.82, 2.24) is 9.97 Å². The van der Waals surface area contributed by atoms with Crippen LogP contribution in [-0.4, -0.2) is 43.2 Å². The Kier molecular flexibility index (Phi) is 3.40. The summed E-state index contributed by atoms with van der Waals surface area (Å²) in [6, 6.07) is 0. The van der Waals surface area contributed by atoms with E-state index in [1.54, 1.807) is 0 Å². The van der Waals surface area contributed by atoms with E-state index < -0.39 is 14.3 Å². The number of hydrogen-bond donors (Lipinski definition) is 0. The first-order valence-electron chi connectivity index (χ1n) is 5.01. The Bertz CT molecular complexity index is 560. The number of halogens is 1. The van der Waals surface area contributed by atoms with Gasteiger partial charge in [0.05, 0.1) is 19.5 Å². The fourth-order valence-electron chi connectivity index (χ4n) is 1.64. The van der Waals surface area contributed by atoms with Gasteiger partial charge in [0.15, 0.2) is 5.82 Å². The maximum atomic E-state index is 11.7. The highest BCUT2D eigenvalue weighted by Gasteiger charge is 2.38. The van der Waals surface area contributed by atoms with E-state index in [4.69, 9.17) is 15.4 Å². The molecule has 1 aliphatic heterocycles. The highest BCUT2D eigenvalue weighted by Crippen LogP contribution is 2.25. The minimum atomic E-state index is -3.75. The van der Waals surface area contributed by atoms with Crippen molar-refractivity contribution in [3.8, 4) is 5.88 Å². The van der Waals surface area contributed by atoms with E-state index in [0.717, 1.165) is 0 Å². The molecule has 1 fully saturated rings. The lowest BCUT2D eigenvalue weighted by molar-refractivity contribution is -0.117. The topological polar surface area (TPSA) is 89.5 Å². The van der Waals surface area contributed by atoms with E-state index in [9.17, 15) is 13.2 Å². The van der Waals surface area contributed by atoms with Crippen LogP contribution in [0.3, 0.4) is 0 Å². The molecule has 7 nitrogen and oxygen atoms in total. The number of rotatable bonds is 3. The Morgan fingerprint density at radius 1 is 1.44 bits per heavy atom. The number of carbonyl (C=O) groups is 1. The number of anilines is 1. The van der Waals surface area contributed by atoms with Gasteiger partial charge in [-0.05, 0) is 0 Å². The third-order valence-corrected chi connectivity index (χ3v) is 4.46. The van der Waals surface area contributed by atoms with E-state index >= 15 is 0 Å². The molecule has 1 saturated heterocycles. The molecule has 2 heterocycles. The molecule has 1 atom stereocenters. The third-order valence-electron chi connectivity index (χ3n) is 2.59. The van der Waals surface area contributed by atoms with Crippen LogP contribution in [0.4, 0.5) is 5.82 Å². The largest absolute Gasteiger partial charge is 0.480 e. The Morgan fingerprint density at radius 3 is 2.61 bits per heavy atom. The number of hydrogen-bond acceptors (Lipinski definition) is 6. The van der Waals surface area contributed by atoms with Crippen LogP contribution in [0.1, 0.15) is 6.42 Å². The molecule has 1 amide bonds. The van der Waals surface area contributed by atoms with Gasteiger partial charge in [0, 0.05) is 23.6 Å². The fraction of sp³-hybridized carbons (Fsp3) is 0.444. The van der Waals surface area contributed by atoms with Gasteiger partial charge in [0.2, 0.25) is 20.8 Å². The van der Waals surface area contributed by atoms with Crippen molar-refractivity contribution in [1.29, 1.82) is 0 Å². The zero-order valence-corrected chi connectivity index (χ0v) is 11.0. The summed E-state index contributed by atoms with van der Waals surface area (Å²) in [6.45, 7) is -0.00826. The normalized spacial score (nSPS) is 20.2. The van der Waals surface area contributed by atoms with Gasteiger partial charge in [-0.2, -0.15) is 0 Å². The monoisotopic (exact) mass is 291 g/mol. The first-order valence-corrected chi connectivity index (χ1v) is 7.39. The molecule has 0 N–H and O–H groups in total. The number of amides is 1. The number of aromatic nitrogens is 2. The molecule has 0 aromatic carbocycles. The maximum absolute atomic E-state index is 11.7. The van der Waals surface area contributed by atoms with Crippen LogP contribution in [0.15, 0.2) is 12.4 Å². The van der Waals surface area contributed by atoms with Crippen molar-refractivity contribution in [3.63, 3.8) is 0 Å². The predicted molar refractivity (Wildman–Crippen MR) is 64.1 cm³/mol. The van der Waals surface area contributed by atoms with Gasteiger partial charge in [-0.1, -0.05) is 0 Å². The molecule has 0 spiro atoms. The van der Waals surface area contributed by atoms with Crippen LogP contribution >= 0.6 is 10.7 Å². The van der Waals surface area contributed by atoms with E-state index in [0.29, 0.717) is 5.88 Å². The summed E-state index contributed by atoms with van der Waals surface area (Å²) in [6.07, 6.45) is 2.56. The summed E-state index contributed by atoms with van der Waals surface area (Å²) in [5, 5.41) is -0.907. The first-order chi connectivity index (χ1) is 8.41. The van der Waals surface area contributed by atoms with Gasteiger partial charge in [-0.15, -0.1) is 0 Å². The molecule has 0 saturated carbocycles. The van der Waals surface area contributed by atoms with Gasteiger partial charge < -0.3 is 4.74 Å². The average Bonchev–Trinajstić information content (AvgIpc) is 2.71. The molecule has 18 heavy (non-hydrogen) atoms. The van der Waals surface area contributed by atoms with Crippen molar-refractivity contribution in [3.05, 3.63) is 12.4 Å². The Labute approximate surface area is 108 Å². The van der Waals surface area contributed by atoms with Crippen molar-refractivity contribution < 1.29 is 17.9 Å². The number of ether oxygens (including phenoxy) is 1. The molecule has 0 radical (unpaired) electrons. The zero-order chi connectivity index (χ0) is 13.3. The summed E-state index contributed by atoms with van der Waals surface area (Å²) in [4.78, 5) is 20.8. The molecule has 0 bridgehead atoms. The van der Waals surface area contributed by atoms with E-state index in [1.807, 2.05) is 0 Å². The third kappa shape index (κ3) is 2.54. The smallest absolute Gasteiger partial charge is 0.237 e. The molecular weight excluding hydrogens is 282 g/mol. The second-order valence-corrected chi connectivity index (χ2v) is 6.63. The van der Waals surface area contributed by atoms with Gasteiger partial charge in [0.25, 0.3) is 0 Å².